The number of nitrogens with zero attached hydrogens (tertiary/aromatic N) is 1. The highest BCUT2D eigenvalue weighted by Gasteiger charge is 2.64. The Hall–Kier alpha value is -1.54. The fraction of sp³-hybridized carbons (Fsp3) is 0.238. The summed E-state index contributed by atoms with van der Waals surface area (Å²) in [7, 11) is 1.08. The fourth-order valence-electron chi connectivity index (χ4n) is 3.71. The van der Waals surface area contributed by atoms with Crippen LogP contribution in [0.4, 0.5) is 13.2 Å². The van der Waals surface area contributed by atoms with E-state index in [2.05, 4.69) is 27.5 Å². The van der Waals surface area contributed by atoms with Crippen LogP contribution in [0.3, 0.4) is 0 Å². The number of rotatable bonds is 5. The van der Waals surface area contributed by atoms with Crippen molar-refractivity contribution in [3.8, 4) is 0 Å². The zero-order valence-corrected chi connectivity index (χ0v) is 19.7. The second-order valence-electron chi connectivity index (χ2n) is 6.84. The number of carbonyl (C=O) groups is 1. The predicted octanol–water partition coefficient (Wildman–Crippen LogP) is 6.90. The number of allylic oxidation sites excluding steroid dienone is 1. The minimum absolute atomic E-state index is 0.0104. The summed E-state index contributed by atoms with van der Waals surface area (Å²) in [6.45, 7) is 2.74. The van der Waals surface area contributed by atoms with Crippen LogP contribution in [-0.4, -0.2) is 31.3 Å². The number of carbonyl (C=O) groups excluding carboxylic acids is 1. The SMILES string of the molecule is C=CC(F)(F)C1(c2cc(Cl)c(Cl)c(Cl)c2)CN=C(c2ccc(F)c(Br)c2)C1C(=O)OC. The second kappa shape index (κ2) is 8.77. The summed E-state index contributed by atoms with van der Waals surface area (Å²) in [5.41, 5.74) is -2.03. The standard InChI is InChI=1S/C21H14BrCl3F3NO2/c1-3-21(27,28)20(11-7-13(23)17(25)14(24)8-11)9-29-18(16(20)19(30)31-2)10-4-5-15(26)12(22)6-10/h3-8,16H,1,9H2,2H3. The van der Waals surface area contributed by atoms with Crippen LogP contribution in [-0.2, 0) is 14.9 Å². The molecule has 3 rings (SSSR count). The zero-order chi connectivity index (χ0) is 23.1. The van der Waals surface area contributed by atoms with Crippen LogP contribution in [0.25, 0.3) is 0 Å². The van der Waals surface area contributed by atoms with Gasteiger partial charge in [0.1, 0.15) is 17.2 Å². The molecule has 0 amide bonds. The topological polar surface area (TPSA) is 38.7 Å². The van der Waals surface area contributed by atoms with Gasteiger partial charge in [-0.2, -0.15) is 0 Å². The minimum atomic E-state index is -3.64. The molecule has 0 aliphatic carbocycles. The molecule has 1 aliphatic rings. The highest BCUT2D eigenvalue weighted by molar-refractivity contribution is 9.10. The van der Waals surface area contributed by atoms with Crippen LogP contribution >= 0.6 is 50.7 Å². The lowest BCUT2D eigenvalue weighted by atomic mass is 9.65. The molecule has 2 aromatic rings. The lowest BCUT2D eigenvalue weighted by Crippen LogP contribution is -2.54. The minimum Gasteiger partial charge on any atom is -0.468 e. The van der Waals surface area contributed by atoms with E-state index in [-0.39, 0.29) is 36.4 Å². The van der Waals surface area contributed by atoms with Crippen molar-refractivity contribution in [2.24, 2.45) is 10.9 Å². The van der Waals surface area contributed by atoms with E-state index in [1.807, 2.05) is 0 Å². The van der Waals surface area contributed by atoms with E-state index < -0.39 is 35.6 Å². The van der Waals surface area contributed by atoms with Gasteiger partial charge in [-0.15, -0.1) is 0 Å². The summed E-state index contributed by atoms with van der Waals surface area (Å²) >= 11 is 21.3. The molecule has 0 aromatic heterocycles. The van der Waals surface area contributed by atoms with Gasteiger partial charge in [-0.05, 0) is 57.4 Å². The van der Waals surface area contributed by atoms with Gasteiger partial charge in [0.05, 0.1) is 38.9 Å². The first kappa shape index (κ1) is 24.1. The van der Waals surface area contributed by atoms with Gasteiger partial charge in [-0.1, -0.05) is 47.4 Å². The molecule has 0 saturated heterocycles. The number of benzene rings is 2. The van der Waals surface area contributed by atoms with Crippen molar-refractivity contribution < 1.29 is 22.7 Å². The van der Waals surface area contributed by atoms with Crippen molar-refractivity contribution in [2.75, 3.05) is 13.7 Å². The van der Waals surface area contributed by atoms with Gasteiger partial charge in [0.25, 0.3) is 5.92 Å². The highest BCUT2D eigenvalue weighted by Crippen LogP contribution is 2.53. The van der Waals surface area contributed by atoms with Gasteiger partial charge in [0.2, 0.25) is 0 Å². The Labute approximate surface area is 200 Å². The average molecular weight is 556 g/mol. The van der Waals surface area contributed by atoms with E-state index in [0.29, 0.717) is 6.08 Å². The first-order valence-corrected chi connectivity index (χ1v) is 10.7. The maximum absolute atomic E-state index is 15.6. The first-order valence-electron chi connectivity index (χ1n) is 8.74. The van der Waals surface area contributed by atoms with E-state index in [4.69, 9.17) is 39.5 Å². The van der Waals surface area contributed by atoms with E-state index >= 15 is 8.78 Å². The third kappa shape index (κ3) is 3.90. The maximum Gasteiger partial charge on any atom is 0.316 e. The molecule has 0 fully saturated rings. The van der Waals surface area contributed by atoms with E-state index in [9.17, 15) is 9.18 Å². The molecule has 1 aliphatic heterocycles. The zero-order valence-electron chi connectivity index (χ0n) is 15.9. The Balaban J connectivity index is 2.32. The molecular weight excluding hydrogens is 541 g/mol. The Bertz CT molecular complexity index is 1090. The summed E-state index contributed by atoms with van der Waals surface area (Å²) in [6, 6.07) is 6.29. The van der Waals surface area contributed by atoms with E-state index in [1.54, 1.807) is 0 Å². The van der Waals surface area contributed by atoms with Gasteiger partial charge in [-0.3, -0.25) is 9.79 Å². The summed E-state index contributed by atoms with van der Waals surface area (Å²) in [6.07, 6.45) is 0.443. The predicted molar refractivity (Wildman–Crippen MR) is 119 cm³/mol. The van der Waals surface area contributed by atoms with Crippen molar-refractivity contribution in [1.82, 2.24) is 0 Å². The maximum atomic E-state index is 15.6. The fourth-order valence-corrected chi connectivity index (χ4v) is 4.69. The molecule has 2 atom stereocenters. The van der Waals surface area contributed by atoms with Crippen molar-refractivity contribution >= 4 is 62.4 Å². The Kier molecular flexibility index (Phi) is 6.82. The van der Waals surface area contributed by atoms with Crippen molar-refractivity contribution in [3.05, 3.63) is 79.5 Å². The molecule has 164 valence electrons. The Morgan fingerprint density at radius 1 is 1.29 bits per heavy atom. The first-order chi connectivity index (χ1) is 14.5. The van der Waals surface area contributed by atoms with Crippen LogP contribution in [0.1, 0.15) is 11.1 Å². The molecule has 0 radical (unpaired) electrons. The number of hydrogen-bond donors (Lipinski definition) is 0. The monoisotopic (exact) mass is 553 g/mol. The number of alkyl halides is 2. The van der Waals surface area contributed by atoms with E-state index in [1.165, 1.54) is 24.3 Å². The second-order valence-corrected chi connectivity index (χ2v) is 8.89. The molecule has 2 unspecified atom stereocenters. The van der Waals surface area contributed by atoms with Crippen LogP contribution in [0.15, 0.2) is 52.5 Å². The molecule has 0 bridgehead atoms. The van der Waals surface area contributed by atoms with Gasteiger partial charge in [0, 0.05) is 0 Å². The van der Waals surface area contributed by atoms with Crippen molar-refractivity contribution in [3.63, 3.8) is 0 Å². The molecule has 0 N–H and O–H groups in total. The average Bonchev–Trinajstić information content (AvgIpc) is 3.15. The summed E-state index contributed by atoms with van der Waals surface area (Å²) in [4.78, 5) is 17.2. The normalized spacial score (nSPS) is 21.0. The largest absolute Gasteiger partial charge is 0.468 e. The molecule has 2 aromatic carbocycles. The lowest BCUT2D eigenvalue weighted by Gasteiger charge is -2.39. The lowest BCUT2D eigenvalue weighted by molar-refractivity contribution is -0.149. The number of aliphatic imine (C=N–C) groups is 1. The third-order valence-electron chi connectivity index (χ3n) is 5.27. The molecular formula is C21H14BrCl3F3NO2. The summed E-state index contributed by atoms with van der Waals surface area (Å²) in [5.74, 6) is -6.73. The quantitative estimate of drug-likeness (QED) is 0.229. The number of halogens is 7. The number of ether oxygens (including phenoxy) is 1. The van der Waals surface area contributed by atoms with Crippen LogP contribution in [0, 0.1) is 11.7 Å². The molecule has 3 nitrogen and oxygen atoms in total. The molecule has 31 heavy (non-hydrogen) atoms. The van der Waals surface area contributed by atoms with Crippen LogP contribution < -0.4 is 0 Å². The molecule has 0 saturated carbocycles. The molecule has 10 heteroatoms. The van der Waals surface area contributed by atoms with Crippen molar-refractivity contribution in [1.29, 1.82) is 0 Å². The van der Waals surface area contributed by atoms with E-state index in [0.717, 1.165) is 13.2 Å². The molecule has 0 spiro atoms. The summed E-state index contributed by atoms with van der Waals surface area (Å²) in [5, 5.41) is -0.143. The smallest absolute Gasteiger partial charge is 0.316 e. The van der Waals surface area contributed by atoms with Crippen molar-refractivity contribution in [2.45, 2.75) is 11.3 Å². The van der Waals surface area contributed by atoms with Gasteiger partial charge in [0.15, 0.2) is 0 Å². The van der Waals surface area contributed by atoms with Crippen LogP contribution in [0.5, 0.6) is 0 Å². The van der Waals surface area contributed by atoms with Gasteiger partial charge in [-0.25, -0.2) is 13.2 Å². The summed E-state index contributed by atoms with van der Waals surface area (Å²) < 4.78 is 49.8. The Morgan fingerprint density at radius 3 is 2.42 bits per heavy atom. The molecule has 1 heterocycles. The highest BCUT2D eigenvalue weighted by atomic mass is 79.9. The third-order valence-corrected chi connectivity index (χ3v) is 7.07. The Morgan fingerprint density at radius 2 is 1.90 bits per heavy atom. The number of hydrogen-bond acceptors (Lipinski definition) is 3. The number of methoxy groups -OCH3 is 1. The van der Waals surface area contributed by atoms with Gasteiger partial charge < -0.3 is 4.74 Å². The van der Waals surface area contributed by atoms with Crippen LogP contribution in [0.2, 0.25) is 15.1 Å². The number of esters is 1. The van der Waals surface area contributed by atoms with Gasteiger partial charge >= 0.3 is 5.97 Å².